The second kappa shape index (κ2) is 7.25. The maximum Gasteiger partial charge on any atom is 0.264 e. The highest BCUT2D eigenvalue weighted by atomic mass is 35.5. The number of benzene rings is 2. The smallest absolute Gasteiger partial charge is 0.264 e. The molecule has 0 bridgehead atoms. The molecular formula is C16H15Cl2NO3S. The standard InChI is InChI=1S/C16H15Cl2NO3S/c1-3-10-19(16-11-12(17)4-9-15(16)18)23(20,21)14-7-5-13(22-2)6-8-14/h3-9,11H,1,10H2,2H3. The molecule has 2 aromatic rings. The zero-order valence-corrected chi connectivity index (χ0v) is 14.7. The summed E-state index contributed by atoms with van der Waals surface area (Å²) in [6, 6.07) is 10.8. The van der Waals surface area contributed by atoms with Gasteiger partial charge < -0.3 is 4.74 Å². The minimum absolute atomic E-state index is 0.0639. The van der Waals surface area contributed by atoms with Crippen LogP contribution in [0, 0.1) is 0 Å². The molecule has 0 spiro atoms. The van der Waals surface area contributed by atoms with Crippen LogP contribution >= 0.6 is 23.2 Å². The van der Waals surface area contributed by atoms with Crippen molar-refractivity contribution in [1.29, 1.82) is 0 Å². The Balaban J connectivity index is 2.54. The molecule has 4 nitrogen and oxygen atoms in total. The highest BCUT2D eigenvalue weighted by molar-refractivity contribution is 7.92. The van der Waals surface area contributed by atoms with E-state index in [-0.39, 0.29) is 16.5 Å². The Morgan fingerprint density at radius 2 is 1.83 bits per heavy atom. The lowest BCUT2D eigenvalue weighted by Crippen LogP contribution is -2.31. The van der Waals surface area contributed by atoms with E-state index in [1.165, 1.54) is 31.4 Å². The molecule has 0 radical (unpaired) electrons. The summed E-state index contributed by atoms with van der Waals surface area (Å²) >= 11 is 12.1. The number of hydrogen-bond donors (Lipinski definition) is 0. The third-order valence-corrected chi connectivity index (χ3v) is 5.47. The van der Waals surface area contributed by atoms with Crippen LogP contribution < -0.4 is 9.04 Å². The van der Waals surface area contributed by atoms with E-state index in [1.54, 1.807) is 24.3 Å². The van der Waals surface area contributed by atoms with Crippen LogP contribution in [0.2, 0.25) is 10.0 Å². The van der Waals surface area contributed by atoms with Crippen molar-refractivity contribution >= 4 is 38.9 Å². The lowest BCUT2D eigenvalue weighted by molar-refractivity contribution is 0.414. The van der Waals surface area contributed by atoms with Crippen LogP contribution in [0.5, 0.6) is 5.75 Å². The van der Waals surface area contributed by atoms with E-state index in [0.29, 0.717) is 16.5 Å². The molecule has 0 aliphatic rings. The average molecular weight is 372 g/mol. The Labute approximate surface area is 145 Å². The van der Waals surface area contributed by atoms with Crippen molar-refractivity contribution < 1.29 is 13.2 Å². The lowest BCUT2D eigenvalue weighted by Gasteiger charge is -2.24. The van der Waals surface area contributed by atoms with Gasteiger partial charge in [-0.05, 0) is 42.5 Å². The van der Waals surface area contributed by atoms with Crippen molar-refractivity contribution in [2.45, 2.75) is 4.90 Å². The van der Waals surface area contributed by atoms with Gasteiger partial charge in [-0.25, -0.2) is 8.42 Å². The monoisotopic (exact) mass is 371 g/mol. The van der Waals surface area contributed by atoms with Gasteiger partial charge in [0.15, 0.2) is 0 Å². The minimum atomic E-state index is -3.82. The molecule has 2 rings (SSSR count). The summed E-state index contributed by atoms with van der Waals surface area (Å²) in [5.74, 6) is 0.569. The van der Waals surface area contributed by atoms with Gasteiger partial charge in [0, 0.05) is 5.02 Å². The van der Waals surface area contributed by atoms with E-state index in [4.69, 9.17) is 27.9 Å². The van der Waals surface area contributed by atoms with Crippen molar-refractivity contribution in [3.63, 3.8) is 0 Å². The molecule has 0 atom stereocenters. The Hall–Kier alpha value is -1.69. The fraction of sp³-hybridized carbons (Fsp3) is 0.125. The summed E-state index contributed by atoms with van der Waals surface area (Å²) < 4.78 is 32.1. The number of methoxy groups -OCH3 is 1. The molecule has 0 aliphatic heterocycles. The summed E-state index contributed by atoms with van der Waals surface area (Å²) in [7, 11) is -2.30. The zero-order chi connectivity index (χ0) is 17.0. The number of nitrogens with zero attached hydrogens (tertiary/aromatic N) is 1. The van der Waals surface area contributed by atoms with Gasteiger partial charge in [0.2, 0.25) is 0 Å². The number of rotatable bonds is 6. The number of sulfonamides is 1. The van der Waals surface area contributed by atoms with Crippen molar-refractivity contribution in [3.8, 4) is 5.75 Å². The quantitative estimate of drug-likeness (QED) is 0.707. The Morgan fingerprint density at radius 1 is 1.17 bits per heavy atom. The van der Waals surface area contributed by atoms with Crippen molar-refractivity contribution in [2.75, 3.05) is 18.0 Å². The first kappa shape index (κ1) is 17.7. The number of ether oxygens (including phenoxy) is 1. The van der Waals surface area contributed by atoms with Gasteiger partial charge >= 0.3 is 0 Å². The summed E-state index contributed by atoms with van der Waals surface area (Å²) in [6.07, 6.45) is 1.48. The topological polar surface area (TPSA) is 46.6 Å². The predicted molar refractivity (Wildman–Crippen MR) is 94.2 cm³/mol. The highest BCUT2D eigenvalue weighted by Crippen LogP contribution is 2.33. The van der Waals surface area contributed by atoms with E-state index in [2.05, 4.69) is 6.58 Å². The van der Waals surface area contributed by atoms with Crippen molar-refractivity contribution in [2.24, 2.45) is 0 Å². The van der Waals surface area contributed by atoms with Crippen LogP contribution in [0.15, 0.2) is 60.0 Å². The summed E-state index contributed by atoms with van der Waals surface area (Å²) in [5.41, 5.74) is 0.301. The van der Waals surface area contributed by atoms with Crippen LogP contribution in [-0.4, -0.2) is 22.1 Å². The van der Waals surface area contributed by atoms with Crippen LogP contribution in [0.25, 0.3) is 0 Å². The normalized spacial score (nSPS) is 11.1. The van der Waals surface area contributed by atoms with E-state index in [9.17, 15) is 8.42 Å². The van der Waals surface area contributed by atoms with E-state index >= 15 is 0 Å². The van der Waals surface area contributed by atoms with Gasteiger partial charge in [0.25, 0.3) is 10.0 Å². The number of hydrogen-bond acceptors (Lipinski definition) is 3. The second-order valence-electron chi connectivity index (χ2n) is 4.60. The first-order valence-corrected chi connectivity index (χ1v) is 8.82. The lowest BCUT2D eigenvalue weighted by atomic mass is 10.3. The maximum absolute atomic E-state index is 12.9. The fourth-order valence-corrected chi connectivity index (χ4v) is 3.88. The first-order valence-electron chi connectivity index (χ1n) is 6.63. The molecule has 2 aromatic carbocycles. The highest BCUT2D eigenvalue weighted by Gasteiger charge is 2.26. The summed E-state index contributed by atoms with van der Waals surface area (Å²) in [4.78, 5) is 0.121. The van der Waals surface area contributed by atoms with Crippen LogP contribution in [0.1, 0.15) is 0 Å². The van der Waals surface area contributed by atoms with Crippen molar-refractivity contribution in [1.82, 2.24) is 0 Å². The van der Waals surface area contributed by atoms with Gasteiger partial charge in [-0.2, -0.15) is 0 Å². The third kappa shape index (κ3) is 3.80. The molecule has 0 fully saturated rings. The minimum Gasteiger partial charge on any atom is -0.497 e. The molecule has 0 saturated carbocycles. The van der Waals surface area contributed by atoms with Crippen molar-refractivity contribution in [3.05, 3.63) is 65.2 Å². The average Bonchev–Trinajstić information content (AvgIpc) is 2.55. The van der Waals surface area contributed by atoms with Gasteiger partial charge in [-0.15, -0.1) is 6.58 Å². The summed E-state index contributed by atoms with van der Waals surface area (Å²) in [5, 5.41) is 0.678. The zero-order valence-electron chi connectivity index (χ0n) is 12.4. The molecule has 0 heterocycles. The molecule has 0 aliphatic carbocycles. The second-order valence-corrected chi connectivity index (χ2v) is 7.30. The van der Waals surface area contributed by atoms with Crippen LogP contribution in [0.4, 0.5) is 5.69 Å². The molecule has 0 N–H and O–H groups in total. The Kier molecular flexibility index (Phi) is 5.57. The van der Waals surface area contributed by atoms with E-state index in [1.807, 2.05) is 0 Å². The number of halogens is 2. The molecule has 7 heteroatoms. The first-order chi connectivity index (χ1) is 10.9. The molecule has 0 unspecified atom stereocenters. The Bertz CT molecular complexity index is 805. The van der Waals surface area contributed by atoms with E-state index < -0.39 is 10.0 Å². The SMILES string of the molecule is C=CCN(c1cc(Cl)ccc1Cl)S(=O)(=O)c1ccc(OC)cc1. The van der Waals surface area contributed by atoms with Gasteiger partial charge in [0.1, 0.15) is 5.75 Å². The largest absolute Gasteiger partial charge is 0.497 e. The predicted octanol–water partition coefficient (Wildman–Crippen LogP) is 4.38. The van der Waals surface area contributed by atoms with Gasteiger partial charge in [-0.1, -0.05) is 29.3 Å². The van der Waals surface area contributed by atoms with E-state index in [0.717, 1.165) is 4.31 Å². The molecule has 0 aromatic heterocycles. The maximum atomic E-state index is 12.9. The number of anilines is 1. The fourth-order valence-electron chi connectivity index (χ4n) is 2.00. The molecular weight excluding hydrogens is 357 g/mol. The van der Waals surface area contributed by atoms with Gasteiger partial charge in [0.05, 0.1) is 29.3 Å². The van der Waals surface area contributed by atoms with Crippen LogP contribution in [-0.2, 0) is 10.0 Å². The molecule has 0 saturated heterocycles. The van der Waals surface area contributed by atoms with Crippen LogP contribution in [0.3, 0.4) is 0 Å². The summed E-state index contributed by atoms with van der Waals surface area (Å²) in [6.45, 7) is 3.67. The Morgan fingerprint density at radius 3 is 2.39 bits per heavy atom. The molecule has 0 amide bonds. The molecule has 23 heavy (non-hydrogen) atoms. The van der Waals surface area contributed by atoms with Gasteiger partial charge in [-0.3, -0.25) is 4.31 Å². The molecule has 122 valence electrons. The third-order valence-electron chi connectivity index (χ3n) is 3.12.